The Morgan fingerprint density at radius 3 is 2.84 bits per heavy atom. The summed E-state index contributed by atoms with van der Waals surface area (Å²) in [4.78, 5) is 18.1. The van der Waals surface area contributed by atoms with Gasteiger partial charge in [-0.3, -0.25) is 14.7 Å². The lowest BCUT2D eigenvalue weighted by molar-refractivity contribution is -0.125. The molecule has 0 saturated carbocycles. The highest BCUT2D eigenvalue weighted by atomic mass is 16.5. The largest absolute Gasteiger partial charge is 0.493 e. The Balaban J connectivity index is 2.13. The predicted octanol–water partition coefficient (Wildman–Crippen LogP) is 1.51. The van der Waals surface area contributed by atoms with Crippen LogP contribution in [0.5, 0.6) is 11.5 Å². The average Bonchev–Trinajstić information content (AvgIpc) is 2.42. The number of Topliss-reactive ketones (excluding diaryl/α,β-unsaturated/α-hetero) is 1. The molecule has 1 saturated heterocycles. The third kappa shape index (κ3) is 3.04. The number of carbonyl (C=O) groups is 1. The molecule has 0 N–H and O–H groups in total. The second-order valence-corrected chi connectivity index (χ2v) is 4.85. The molecule has 1 atom stereocenters. The lowest BCUT2D eigenvalue weighted by Crippen LogP contribution is -2.39. The van der Waals surface area contributed by atoms with Crippen molar-refractivity contribution in [2.45, 2.75) is 19.9 Å². The third-order valence-corrected chi connectivity index (χ3v) is 3.50. The van der Waals surface area contributed by atoms with Crippen LogP contribution in [0.1, 0.15) is 19.0 Å². The number of hydrogen-bond donors (Lipinski definition) is 0. The molecule has 1 aliphatic heterocycles. The van der Waals surface area contributed by atoms with Crippen molar-refractivity contribution < 1.29 is 14.3 Å². The highest BCUT2D eigenvalue weighted by Gasteiger charge is 2.24. The Morgan fingerprint density at radius 1 is 1.42 bits per heavy atom. The normalized spacial score (nSPS) is 20.4. The van der Waals surface area contributed by atoms with Gasteiger partial charge in [0.2, 0.25) is 0 Å². The number of pyridine rings is 1. The summed E-state index contributed by atoms with van der Waals surface area (Å²) in [6.45, 7) is 4.22. The highest BCUT2D eigenvalue weighted by Crippen LogP contribution is 2.30. The molecule has 1 aliphatic rings. The van der Waals surface area contributed by atoms with Crippen LogP contribution in [0.15, 0.2) is 12.3 Å². The third-order valence-electron chi connectivity index (χ3n) is 3.50. The summed E-state index contributed by atoms with van der Waals surface area (Å²) in [5.74, 6) is 1.82. The first-order chi connectivity index (χ1) is 9.15. The predicted molar refractivity (Wildman–Crippen MR) is 71.4 cm³/mol. The van der Waals surface area contributed by atoms with Crippen LogP contribution >= 0.6 is 0 Å². The van der Waals surface area contributed by atoms with Crippen molar-refractivity contribution in [1.29, 1.82) is 0 Å². The number of likely N-dealkylation sites (tertiary alicyclic amines) is 1. The van der Waals surface area contributed by atoms with Crippen molar-refractivity contribution in [3.63, 3.8) is 0 Å². The maximum absolute atomic E-state index is 11.5. The molecule has 2 rings (SSSR count). The number of piperidine rings is 1. The summed E-state index contributed by atoms with van der Waals surface area (Å²) in [6, 6.07) is 1.78. The Labute approximate surface area is 113 Å². The van der Waals surface area contributed by atoms with Gasteiger partial charge in [-0.2, -0.15) is 0 Å². The minimum absolute atomic E-state index is 0.102. The molecule has 0 aliphatic carbocycles. The van der Waals surface area contributed by atoms with Gasteiger partial charge in [0.25, 0.3) is 0 Å². The number of carbonyl (C=O) groups excluding carboxylic acids is 1. The van der Waals surface area contributed by atoms with E-state index in [1.807, 2.05) is 6.92 Å². The molecular weight excluding hydrogens is 244 g/mol. The summed E-state index contributed by atoms with van der Waals surface area (Å²) < 4.78 is 10.6. The summed E-state index contributed by atoms with van der Waals surface area (Å²) in [7, 11) is 3.23. The zero-order valence-corrected chi connectivity index (χ0v) is 11.7. The van der Waals surface area contributed by atoms with Gasteiger partial charge in [0.1, 0.15) is 11.5 Å². The van der Waals surface area contributed by atoms with Crippen LogP contribution in [0.3, 0.4) is 0 Å². The van der Waals surface area contributed by atoms with E-state index in [0.717, 1.165) is 18.8 Å². The second kappa shape index (κ2) is 6.02. The van der Waals surface area contributed by atoms with Gasteiger partial charge < -0.3 is 9.47 Å². The quantitative estimate of drug-likeness (QED) is 0.825. The van der Waals surface area contributed by atoms with Crippen molar-refractivity contribution >= 4 is 5.78 Å². The van der Waals surface area contributed by atoms with Crippen molar-refractivity contribution in [2.24, 2.45) is 5.92 Å². The summed E-state index contributed by atoms with van der Waals surface area (Å²) in [6.07, 6.45) is 2.34. The number of methoxy groups -OCH3 is 2. The van der Waals surface area contributed by atoms with E-state index in [4.69, 9.17) is 9.47 Å². The van der Waals surface area contributed by atoms with E-state index in [2.05, 4.69) is 9.88 Å². The summed E-state index contributed by atoms with van der Waals surface area (Å²) in [5, 5.41) is 0. The molecule has 5 nitrogen and oxygen atoms in total. The van der Waals surface area contributed by atoms with Crippen LogP contribution in [0.2, 0.25) is 0 Å². The number of ketones is 1. The smallest absolute Gasteiger partial charge is 0.183 e. The van der Waals surface area contributed by atoms with E-state index in [1.165, 1.54) is 0 Å². The molecule has 1 unspecified atom stereocenters. The first-order valence-corrected chi connectivity index (χ1v) is 6.46. The maximum Gasteiger partial charge on any atom is 0.183 e. The fraction of sp³-hybridized carbons (Fsp3) is 0.571. The lowest BCUT2D eigenvalue weighted by atomic mass is 9.98. The van der Waals surface area contributed by atoms with Gasteiger partial charge in [0.15, 0.2) is 11.5 Å². The lowest BCUT2D eigenvalue weighted by Gasteiger charge is -2.30. The van der Waals surface area contributed by atoms with Gasteiger partial charge in [-0.1, -0.05) is 6.92 Å². The number of nitrogens with zero attached hydrogens (tertiary/aromatic N) is 2. The maximum atomic E-state index is 11.5. The van der Waals surface area contributed by atoms with E-state index >= 15 is 0 Å². The molecule has 0 aromatic carbocycles. The Hall–Kier alpha value is -1.62. The van der Waals surface area contributed by atoms with Gasteiger partial charge >= 0.3 is 0 Å². The van der Waals surface area contributed by atoms with Gasteiger partial charge in [-0.15, -0.1) is 0 Å². The molecule has 0 spiro atoms. The molecule has 0 radical (unpaired) electrons. The first kappa shape index (κ1) is 13.8. The van der Waals surface area contributed by atoms with Crippen molar-refractivity contribution in [2.75, 3.05) is 27.3 Å². The van der Waals surface area contributed by atoms with Crippen molar-refractivity contribution in [3.05, 3.63) is 18.0 Å². The van der Waals surface area contributed by atoms with Crippen LogP contribution in [0, 0.1) is 5.92 Å². The molecule has 0 bridgehead atoms. The second-order valence-electron chi connectivity index (χ2n) is 4.85. The van der Waals surface area contributed by atoms with E-state index in [9.17, 15) is 4.79 Å². The number of ether oxygens (including phenoxy) is 2. The minimum Gasteiger partial charge on any atom is -0.493 e. The molecule has 5 heteroatoms. The van der Waals surface area contributed by atoms with Crippen LogP contribution in [-0.4, -0.2) is 43.0 Å². The van der Waals surface area contributed by atoms with Gasteiger partial charge in [0, 0.05) is 44.2 Å². The summed E-state index contributed by atoms with van der Waals surface area (Å²) in [5.41, 5.74) is 0.850. The highest BCUT2D eigenvalue weighted by molar-refractivity contribution is 5.81. The molecule has 1 aromatic rings. The molecule has 0 amide bonds. The monoisotopic (exact) mass is 264 g/mol. The zero-order valence-electron chi connectivity index (χ0n) is 11.7. The van der Waals surface area contributed by atoms with Gasteiger partial charge in [-0.05, 0) is 0 Å². The average molecular weight is 264 g/mol. The Morgan fingerprint density at radius 2 is 2.21 bits per heavy atom. The van der Waals surface area contributed by atoms with Crippen LogP contribution in [0.4, 0.5) is 0 Å². The molecule has 19 heavy (non-hydrogen) atoms. The number of hydrogen-bond acceptors (Lipinski definition) is 5. The molecular formula is C14H20N2O3. The van der Waals surface area contributed by atoms with Gasteiger partial charge in [-0.25, -0.2) is 0 Å². The topological polar surface area (TPSA) is 51.7 Å². The van der Waals surface area contributed by atoms with Crippen molar-refractivity contribution in [3.8, 4) is 11.5 Å². The number of aromatic nitrogens is 1. The van der Waals surface area contributed by atoms with Crippen LogP contribution < -0.4 is 9.47 Å². The standard InChI is InChI=1S/C14H20N2O3/c1-10-8-16(7-5-12(10)17)9-11-14(19-3)13(18-2)4-6-15-11/h4,6,10H,5,7-9H2,1-3H3. The minimum atomic E-state index is 0.102. The van der Waals surface area contributed by atoms with E-state index in [1.54, 1.807) is 26.5 Å². The van der Waals surface area contributed by atoms with E-state index in [-0.39, 0.29) is 5.92 Å². The SMILES string of the molecule is COc1ccnc(CN2CCC(=O)C(C)C2)c1OC. The van der Waals surface area contributed by atoms with Crippen LogP contribution in [-0.2, 0) is 11.3 Å². The molecule has 104 valence electrons. The van der Waals surface area contributed by atoms with Crippen molar-refractivity contribution in [1.82, 2.24) is 9.88 Å². The Bertz CT molecular complexity index is 462. The zero-order chi connectivity index (χ0) is 13.8. The van der Waals surface area contributed by atoms with Gasteiger partial charge in [0.05, 0.1) is 14.2 Å². The fourth-order valence-corrected chi connectivity index (χ4v) is 2.41. The molecule has 2 heterocycles. The van der Waals surface area contributed by atoms with Crippen LogP contribution in [0.25, 0.3) is 0 Å². The first-order valence-electron chi connectivity index (χ1n) is 6.46. The van der Waals surface area contributed by atoms with E-state index in [0.29, 0.717) is 30.2 Å². The number of rotatable bonds is 4. The Kier molecular flexibility index (Phi) is 4.37. The molecule has 1 fully saturated rings. The molecule has 1 aromatic heterocycles. The summed E-state index contributed by atoms with van der Waals surface area (Å²) >= 11 is 0. The van der Waals surface area contributed by atoms with E-state index < -0.39 is 0 Å². The fourth-order valence-electron chi connectivity index (χ4n) is 2.41.